The molecule has 0 spiro atoms. The summed E-state index contributed by atoms with van der Waals surface area (Å²) in [6.07, 6.45) is 1.63. The van der Waals surface area contributed by atoms with Gasteiger partial charge in [-0.15, -0.1) is 5.76 Å². The lowest BCUT2D eigenvalue weighted by Crippen LogP contribution is -2.15. The van der Waals surface area contributed by atoms with Crippen molar-refractivity contribution < 1.29 is 9.84 Å². The smallest absolute Gasteiger partial charge is 0.0896 e. The molecule has 0 N–H and O–H groups in total. The van der Waals surface area contributed by atoms with E-state index in [4.69, 9.17) is 4.74 Å². The van der Waals surface area contributed by atoms with E-state index in [1.165, 1.54) is 0 Å². The highest BCUT2D eigenvalue weighted by Gasteiger charge is 1.79. The zero-order chi connectivity index (χ0) is 8.97. The van der Waals surface area contributed by atoms with E-state index >= 15 is 0 Å². The minimum atomic E-state index is 0.0824. The highest BCUT2D eigenvalue weighted by Crippen LogP contribution is 1.76. The van der Waals surface area contributed by atoms with Gasteiger partial charge in [-0.1, -0.05) is 31.2 Å². The van der Waals surface area contributed by atoms with Crippen LogP contribution < -0.4 is 15.5 Å². The number of benzene rings is 1. The first-order valence-corrected chi connectivity index (χ1v) is 3.71. The molecule has 1 aromatic rings. The first-order chi connectivity index (χ1) is 5.74. The van der Waals surface area contributed by atoms with Gasteiger partial charge in [-0.2, -0.15) is 0 Å². The summed E-state index contributed by atoms with van der Waals surface area (Å²) in [6, 6.07) is 7.26. The van der Waals surface area contributed by atoms with Crippen LogP contribution in [-0.4, -0.2) is 7.11 Å². The maximum atomic E-state index is 10.9. The van der Waals surface area contributed by atoms with E-state index in [1.54, 1.807) is 32.4 Å². The Morgan fingerprint density at radius 1 is 1.33 bits per heavy atom. The maximum Gasteiger partial charge on any atom is 0.0896 e. The highest BCUT2D eigenvalue weighted by atomic mass is 16.5. The summed E-state index contributed by atoms with van der Waals surface area (Å²) in [7, 11) is 1.60. The van der Waals surface area contributed by atoms with Gasteiger partial charge < -0.3 is 9.84 Å². The van der Waals surface area contributed by atoms with Gasteiger partial charge in [0.2, 0.25) is 0 Å². The Morgan fingerprint density at radius 3 is 2.33 bits per heavy atom. The van der Waals surface area contributed by atoms with Crippen molar-refractivity contribution >= 4 is 12.0 Å². The normalized spacial score (nSPS) is 9.17. The fourth-order valence-corrected chi connectivity index (χ4v) is 0.932. The first kappa shape index (κ1) is 8.65. The van der Waals surface area contributed by atoms with Crippen molar-refractivity contribution in [3.8, 4) is 0 Å². The second-order valence-corrected chi connectivity index (χ2v) is 2.53. The number of hydrogen-bond acceptors (Lipinski definition) is 2. The standard InChI is InChI=1S/C10H12O2/c1-8(11)10-5-3-9(4-6-10)7-12-2/h3-7,11H,1-2H3/p-1. The summed E-state index contributed by atoms with van der Waals surface area (Å²) in [5.74, 6) is 0.0824. The number of methoxy groups -OCH3 is 1. The van der Waals surface area contributed by atoms with Gasteiger partial charge >= 0.3 is 0 Å². The topological polar surface area (TPSA) is 32.3 Å². The maximum absolute atomic E-state index is 10.9. The second kappa shape index (κ2) is 3.81. The predicted molar refractivity (Wildman–Crippen MR) is 46.2 cm³/mol. The summed E-state index contributed by atoms with van der Waals surface area (Å²) in [5, 5.41) is 12.6. The molecule has 0 aromatic heterocycles. The molecular formula is C10H11O2-. The van der Waals surface area contributed by atoms with E-state index in [-0.39, 0.29) is 5.76 Å². The molecule has 0 fully saturated rings. The Balaban J connectivity index is 3.19. The number of rotatable bonds is 1. The minimum absolute atomic E-state index is 0.0824. The van der Waals surface area contributed by atoms with E-state index in [0.29, 0.717) is 0 Å². The van der Waals surface area contributed by atoms with Crippen molar-refractivity contribution in [1.29, 1.82) is 0 Å². The van der Waals surface area contributed by atoms with Crippen molar-refractivity contribution in [1.82, 2.24) is 0 Å². The second-order valence-electron chi connectivity index (χ2n) is 2.53. The molecule has 1 aromatic carbocycles. The van der Waals surface area contributed by atoms with Gasteiger partial charge in [0.15, 0.2) is 0 Å². The molecule has 0 radical (unpaired) electrons. The van der Waals surface area contributed by atoms with Crippen LogP contribution >= 0.6 is 0 Å². The molecule has 2 nitrogen and oxygen atoms in total. The first-order valence-electron chi connectivity index (χ1n) is 3.71. The Bertz CT molecular complexity index is 338. The van der Waals surface area contributed by atoms with Gasteiger partial charge in [-0.05, 0) is 5.22 Å². The van der Waals surface area contributed by atoms with Gasteiger partial charge in [-0.3, -0.25) is 0 Å². The lowest BCUT2D eigenvalue weighted by atomic mass is 10.2. The molecule has 0 atom stereocenters. The van der Waals surface area contributed by atoms with E-state index in [1.807, 2.05) is 12.1 Å². The molecule has 0 heterocycles. The Morgan fingerprint density at radius 2 is 1.92 bits per heavy atom. The van der Waals surface area contributed by atoms with Gasteiger partial charge in [0.25, 0.3) is 0 Å². The Hall–Kier alpha value is -1.44. The van der Waals surface area contributed by atoms with Crippen LogP contribution in [0.2, 0.25) is 0 Å². The van der Waals surface area contributed by atoms with E-state index in [0.717, 1.165) is 10.4 Å². The van der Waals surface area contributed by atoms with Gasteiger partial charge in [0.1, 0.15) is 0 Å². The summed E-state index contributed by atoms with van der Waals surface area (Å²) >= 11 is 0. The highest BCUT2D eigenvalue weighted by molar-refractivity contribution is 5.30. The predicted octanol–water partition coefficient (Wildman–Crippen LogP) is -0.441. The van der Waals surface area contributed by atoms with Crippen molar-refractivity contribution in [2.75, 3.05) is 7.11 Å². The van der Waals surface area contributed by atoms with Crippen LogP contribution in [0.5, 0.6) is 0 Å². The fraction of sp³-hybridized carbons (Fsp3) is 0.200. The zero-order valence-electron chi connectivity index (χ0n) is 7.20. The van der Waals surface area contributed by atoms with Crippen LogP contribution in [-0.2, 0) is 4.74 Å². The number of hydrogen-bond donors (Lipinski definition) is 0. The molecule has 1 rings (SSSR count). The molecule has 0 amide bonds. The molecule has 0 aliphatic carbocycles. The van der Waals surface area contributed by atoms with Crippen molar-refractivity contribution in [2.24, 2.45) is 0 Å². The van der Waals surface area contributed by atoms with Gasteiger partial charge in [-0.25, -0.2) is 0 Å². The van der Waals surface area contributed by atoms with Gasteiger partial charge in [0, 0.05) is 5.22 Å². The third-order valence-electron chi connectivity index (χ3n) is 1.57. The summed E-state index contributed by atoms with van der Waals surface area (Å²) in [5.41, 5.74) is 0. The molecule has 0 aliphatic rings. The third kappa shape index (κ3) is 2.02. The molecule has 0 saturated heterocycles. The molecule has 2 heteroatoms. The molecule has 12 heavy (non-hydrogen) atoms. The van der Waals surface area contributed by atoms with Crippen LogP contribution in [0.3, 0.4) is 0 Å². The van der Waals surface area contributed by atoms with Crippen molar-refractivity contribution in [3.05, 3.63) is 34.7 Å². The molecular weight excluding hydrogens is 152 g/mol. The summed E-state index contributed by atoms with van der Waals surface area (Å²) in [6.45, 7) is 1.55. The molecule has 0 saturated carbocycles. The van der Waals surface area contributed by atoms with Crippen molar-refractivity contribution in [3.63, 3.8) is 0 Å². The van der Waals surface area contributed by atoms with E-state index < -0.39 is 0 Å². The summed E-state index contributed by atoms with van der Waals surface area (Å²) < 4.78 is 4.82. The Kier molecular flexibility index (Phi) is 2.75. The van der Waals surface area contributed by atoms with Crippen LogP contribution in [0.25, 0.3) is 12.0 Å². The van der Waals surface area contributed by atoms with E-state index in [9.17, 15) is 5.11 Å². The average Bonchev–Trinajstić information content (AvgIpc) is 2.06. The third-order valence-corrected chi connectivity index (χ3v) is 1.57. The van der Waals surface area contributed by atoms with Crippen LogP contribution in [0, 0.1) is 0 Å². The fourth-order valence-electron chi connectivity index (χ4n) is 0.932. The van der Waals surface area contributed by atoms with Crippen LogP contribution in [0.1, 0.15) is 6.92 Å². The Labute approximate surface area is 71.4 Å². The zero-order valence-corrected chi connectivity index (χ0v) is 7.20. The minimum Gasteiger partial charge on any atom is -0.875 e. The van der Waals surface area contributed by atoms with Crippen molar-refractivity contribution in [2.45, 2.75) is 6.92 Å². The molecule has 0 aliphatic heterocycles. The van der Waals surface area contributed by atoms with Gasteiger partial charge in [0.05, 0.1) is 13.4 Å². The monoisotopic (exact) mass is 163 g/mol. The lowest BCUT2D eigenvalue weighted by Gasteiger charge is -2.01. The largest absolute Gasteiger partial charge is 0.875 e. The summed E-state index contributed by atoms with van der Waals surface area (Å²) in [4.78, 5) is 0. The number of ether oxygens (including phenoxy) is 1. The molecule has 64 valence electrons. The molecule has 0 unspecified atom stereocenters. The average molecular weight is 163 g/mol. The molecule has 0 bridgehead atoms. The quantitative estimate of drug-likeness (QED) is 0.562. The SMILES string of the molecule is COC=c1ccc(=C(C)[O-])cc1. The lowest BCUT2D eigenvalue weighted by molar-refractivity contribution is -0.248. The van der Waals surface area contributed by atoms with Crippen LogP contribution in [0.4, 0.5) is 0 Å². The van der Waals surface area contributed by atoms with Crippen LogP contribution in [0.15, 0.2) is 24.3 Å². The van der Waals surface area contributed by atoms with E-state index in [2.05, 4.69) is 0 Å².